The van der Waals surface area contributed by atoms with E-state index in [1.165, 1.54) is 12.1 Å². The maximum absolute atomic E-state index is 13.0. The molecule has 5 nitrogen and oxygen atoms in total. The van der Waals surface area contributed by atoms with Crippen LogP contribution in [0.5, 0.6) is 0 Å². The first-order chi connectivity index (χ1) is 13.4. The second-order valence-corrected chi connectivity index (χ2v) is 10.8. The maximum atomic E-state index is 13.0. The molecule has 1 aromatic carbocycles. The van der Waals surface area contributed by atoms with E-state index in [0.29, 0.717) is 5.56 Å². The van der Waals surface area contributed by atoms with Gasteiger partial charge in [-0.25, -0.2) is 0 Å². The Morgan fingerprint density at radius 1 is 1.24 bits per heavy atom. The molecule has 2 N–H and O–H groups in total. The van der Waals surface area contributed by atoms with Crippen LogP contribution in [0.4, 0.5) is 13.2 Å². The molecule has 0 saturated carbocycles. The Morgan fingerprint density at radius 3 is 2.34 bits per heavy atom. The molecule has 0 bridgehead atoms. The van der Waals surface area contributed by atoms with Crippen LogP contribution in [0, 0.1) is 5.92 Å². The average molecular weight is 533 g/mol. The number of hydrogen-bond acceptors (Lipinski definition) is 4. The van der Waals surface area contributed by atoms with Crippen LogP contribution in [0.1, 0.15) is 18.4 Å². The van der Waals surface area contributed by atoms with Gasteiger partial charge in [-0.05, 0) is 30.7 Å². The van der Waals surface area contributed by atoms with E-state index in [1.807, 2.05) is 0 Å². The summed E-state index contributed by atoms with van der Waals surface area (Å²) in [6.45, 7) is -0.194. The van der Waals surface area contributed by atoms with Gasteiger partial charge in [-0.2, -0.15) is 21.6 Å². The Hall–Kier alpha value is -1.43. The highest BCUT2D eigenvalue weighted by Gasteiger charge is 2.34. The second-order valence-electron chi connectivity index (χ2n) is 6.05. The van der Waals surface area contributed by atoms with Gasteiger partial charge in [-0.3, -0.25) is 4.79 Å². The zero-order valence-corrected chi connectivity index (χ0v) is 18.7. The molecule has 1 unspecified atom stereocenters. The molecule has 1 amide bonds. The molecule has 12 heteroatoms. The van der Waals surface area contributed by atoms with Gasteiger partial charge in [-0.15, -0.1) is 15.3 Å². The number of halogens is 5. The van der Waals surface area contributed by atoms with Crippen molar-refractivity contribution in [2.24, 2.45) is 11.7 Å². The van der Waals surface area contributed by atoms with Crippen LogP contribution in [0.2, 0.25) is 4.34 Å². The van der Waals surface area contributed by atoms with Crippen molar-refractivity contribution in [2.45, 2.75) is 29.8 Å². The minimum Gasteiger partial charge on any atom is -0.369 e. The van der Waals surface area contributed by atoms with Gasteiger partial charge in [0.05, 0.1) is 4.34 Å². The molecule has 29 heavy (non-hydrogen) atoms. The Kier molecular flexibility index (Phi) is 7.88. The van der Waals surface area contributed by atoms with Crippen LogP contribution >= 0.6 is 38.9 Å². The monoisotopic (exact) mass is 531 g/mol. The van der Waals surface area contributed by atoms with E-state index in [1.54, 1.807) is 24.3 Å². The molecule has 1 aromatic heterocycles. The standard InChI is InChI=1S/C17H15BrClF3N2O3S2/c18-13-3-1-11(2-4-13)9-24(29(26,27)15-6-5-14(19)28-15)10-12(16(23)25)7-8-17(20,21)22/h1-6,10,12H,7-9H2,(H-,23,25)/p+1. The van der Waals surface area contributed by atoms with E-state index < -0.39 is 40.9 Å². The van der Waals surface area contributed by atoms with E-state index in [2.05, 4.69) is 15.9 Å². The zero-order valence-electron chi connectivity index (χ0n) is 14.7. The topological polar surface area (TPSA) is 80.2 Å². The normalized spacial score (nSPS) is 14.0. The van der Waals surface area contributed by atoms with Gasteiger partial charge >= 0.3 is 16.2 Å². The molecule has 0 radical (unpaired) electrons. The number of alkyl halides is 3. The third-order valence-corrected chi connectivity index (χ3v) is 7.76. The van der Waals surface area contributed by atoms with Crippen molar-refractivity contribution in [3.8, 4) is 0 Å². The number of primary amides is 1. The first-order valence-electron chi connectivity index (χ1n) is 8.11. The summed E-state index contributed by atoms with van der Waals surface area (Å²) >= 11 is 9.90. The number of nitrogens with two attached hydrogens (primary N) is 1. The Bertz CT molecular complexity index is 1010. The fourth-order valence-electron chi connectivity index (χ4n) is 2.35. The van der Waals surface area contributed by atoms with Crippen LogP contribution in [0.3, 0.4) is 0 Å². The second kappa shape index (κ2) is 9.59. The summed E-state index contributed by atoms with van der Waals surface area (Å²) < 4.78 is 65.6. The Morgan fingerprint density at radius 2 is 1.86 bits per heavy atom. The quantitative estimate of drug-likeness (QED) is 0.399. The summed E-state index contributed by atoms with van der Waals surface area (Å²) in [5.41, 5.74) is 5.79. The molecular weight excluding hydrogens is 517 g/mol. The minimum absolute atomic E-state index is 0.102. The van der Waals surface area contributed by atoms with E-state index in [4.69, 9.17) is 17.3 Å². The van der Waals surface area contributed by atoms with Crippen molar-refractivity contribution >= 4 is 61.0 Å². The van der Waals surface area contributed by atoms with Crippen LogP contribution < -0.4 is 5.73 Å². The summed E-state index contributed by atoms with van der Waals surface area (Å²) in [4.78, 5) is 11.7. The zero-order chi connectivity index (χ0) is 21.8. The number of rotatable bonds is 8. The van der Waals surface area contributed by atoms with Crippen molar-refractivity contribution in [1.82, 2.24) is 0 Å². The van der Waals surface area contributed by atoms with Gasteiger partial charge in [-0.1, -0.05) is 39.7 Å². The highest BCUT2D eigenvalue weighted by atomic mass is 79.9. The van der Waals surface area contributed by atoms with Gasteiger partial charge in [0.15, 0.2) is 17.0 Å². The average Bonchev–Trinajstić information content (AvgIpc) is 3.05. The number of nitrogens with zero attached hydrogens (tertiary/aromatic N) is 1. The molecule has 0 saturated heterocycles. The van der Waals surface area contributed by atoms with Crippen LogP contribution in [0.15, 0.2) is 45.1 Å². The van der Waals surface area contributed by atoms with Crippen molar-refractivity contribution in [3.05, 3.63) is 50.8 Å². The van der Waals surface area contributed by atoms with E-state index in [0.717, 1.165) is 26.0 Å². The molecule has 0 fully saturated rings. The lowest BCUT2D eigenvalue weighted by Crippen LogP contribution is -2.32. The molecule has 0 aliphatic carbocycles. The molecule has 1 atom stereocenters. The van der Waals surface area contributed by atoms with Crippen molar-refractivity contribution in [3.63, 3.8) is 0 Å². The summed E-state index contributed by atoms with van der Waals surface area (Å²) in [5.74, 6) is -2.47. The third kappa shape index (κ3) is 7.09. The number of carbonyl (C=O) groups is 1. The maximum Gasteiger partial charge on any atom is 0.404 e. The molecule has 2 rings (SSSR count). The van der Waals surface area contributed by atoms with Gasteiger partial charge in [0, 0.05) is 16.5 Å². The lowest BCUT2D eigenvalue weighted by Gasteiger charge is -2.11. The molecule has 158 valence electrons. The summed E-state index contributed by atoms with van der Waals surface area (Å²) in [6, 6.07) is 9.37. The molecule has 0 aliphatic heterocycles. The number of carbonyl (C=O) groups excluding carboxylic acids is 1. The molecule has 2 aromatic rings. The fraction of sp³-hybridized carbons (Fsp3) is 0.294. The lowest BCUT2D eigenvalue weighted by molar-refractivity contribution is -0.381. The van der Waals surface area contributed by atoms with Gasteiger partial charge in [0.1, 0.15) is 5.92 Å². The third-order valence-electron chi connectivity index (χ3n) is 3.81. The first kappa shape index (κ1) is 23.8. The van der Waals surface area contributed by atoms with Crippen molar-refractivity contribution in [2.75, 3.05) is 0 Å². The van der Waals surface area contributed by atoms with Crippen LogP contribution in [0.25, 0.3) is 0 Å². The molecule has 1 heterocycles. The summed E-state index contributed by atoms with van der Waals surface area (Å²) in [6.07, 6.45) is -5.48. The Labute approximate surface area is 183 Å². The van der Waals surface area contributed by atoms with Crippen LogP contribution in [-0.2, 0) is 21.4 Å². The fourth-order valence-corrected chi connectivity index (χ4v) is 5.60. The van der Waals surface area contributed by atoms with E-state index >= 15 is 0 Å². The number of hydrogen-bond donors (Lipinski definition) is 1. The van der Waals surface area contributed by atoms with Crippen molar-refractivity contribution < 1.29 is 30.4 Å². The number of sulfonamides is 1. The molecular formula is C17H16BrClF3N2O3S2+. The predicted molar refractivity (Wildman–Crippen MR) is 109 cm³/mol. The summed E-state index contributed by atoms with van der Waals surface area (Å²) in [5, 5.41) is 0. The minimum atomic E-state index is -4.50. The summed E-state index contributed by atoms with van der Waals surface area (Å²) in [7, 11) is -4.16. The van der Waals surface area contributed by atoms with Gasteiger partial charge in [0.2, 0.25) is 5.91 Å². The van der Waals surface area contributed by atoms with E-state index in [9.17, 15) is 26.4 Å². The molecule has 0 aliphatic rings. The van der Waals surface area contributed by atoms with Crippen LogP contribution in [-0.4, -0.2) is 30.7 Å². The van der Waals surface area contributed by atoms with E-state index in [-0.39, 0.29) is 15.1 Å². The highest BCUT2D eigenvalue weighted by molar-refractivity contribution is 9.10. The SMILES string of the molecule is NC(=O)C(C=[N+](Cc1ccc(Br)cc1)S(=O)(=O)c1ccc(Cl)s1)CCC(F)(F)F. The number of amides is 1. The first-order valence-corrected chi connectivity index (χ1v) is 11.5. The van der Waals surface area contributed by atoms with Gasteiger partial charge in [0.25, 0.3) is 0 Å². The lowest BCUT2D eigenvalue weighted by atomic mass is 10.0. The highest BCUT2D eigenvalue weighted by Crippen LogP contribution is 2.28. The van der Waals surface area contributed by atoms with Crippen molar-refractivity contribution in [1.29, 1.82) is 0 Å². The number of benzene rings is 1. The predicted octanol–water partition coefficient (Wildman–Crippen LogP) is 4.58. The smallest absolute Gasteiger partial charge is 0.369 e. The Balaban J connectivity index is 2.47. The molecule has 0 spiro atoms. The number of thiophene rings is 1. The largest absolute Gasteiger partial charge is 0.404 e. The van der Waals surface area contributed by atoms with Gasteiger partial charge < -0.3 is 5.73 Å².